The first-order valence-corrected chi connectivity index (χ1v) is 22.1. The van der Waals surface area contributed by atoms with Crippen LogP contribution in [-0.2, 0) is 0 Å². The second-order valence-corrected chi connectivity index (χ2v) is 22.8. The van der Waals surface area contributed by atoms with Gasteiger partial charge < -0.3 is 0 Å². The molecule has 200 valence electrons. The van der Waals surface area contributed by atoms with Crippen molar-refractivity contribution in [1.29, 1.82) is 0 Å². The number of hydrogen-bond acceptors (Lipinski definition) is 3. The van der Waals surface area contributed by atoms with Crippen LogP contribution in [0.1, 0.15) is 64.9 Å². The molecule has 0 bridgehead atoms. The fourth-order valence-electron chi connectivity index (χ4n) is 5.05. The van der Waals surface area contributed by atoms with Crippen molar-refractivity contribution in [3.63, 3.8) is 0 Å². The van der Waals surface area contributed by atoms with E-state index in [1.807, 2.05) is 48.8 Å². The molecule has 39 heavy (non-hydrogen) atoms. The Hall–Kier alpha value is -2.97. The van der Waals surface area contributed by atoms with Crippen LogP contribution in [0.5, 0.6) is 0 Å². The SMILES string of the molecule is CCC[CH2][Sn]([C]#Cc1ccc(-c2cc(-c3ccccn3)nc(-c3ccccn3)c2)cc1)([CH2]CCC)[CH2]CCC. The van der Waals surface area contributed by atoms with Crippen LogP contribution in [0.15, 0.2) is 85.2 Å². The van der Waals surface area contributed by atoms with E-state index in [1.54, 1.807) is 0 Å². The monoisotopic (exact) mass is 623 g/mol. The zero-order valence-electron chi connectivity index (χ0n) is 23.8. The molecular formula is C35H41N3Sn. The molecule has 0 fully saturated rings. The Labute approximate surface area is 239 Å². The van der Waals surface area contributed by atoms with E-state index in [2.05, 4.69) is 77.0 Å². The van der Waals surface area contributed by atoms with E-state index < -0.39 is 18.4 Å². The van der Waals surface area contributed by atoms with Gasteiger partial charge in [0.1, 0.15) is 0 Å². The molecule has 4 aromatic rings. The number of nitrogens with zero attached hydrogens (tertiary/aromatic N) is 3. The van der Waals surface area contributed by atoms with Gasteiger partial charge in [0.25, 0.3) is 0 Å². The second kappa shape index (κ2) is 15.0. The van der Waals surface area contributed by atoms with Gasteiger partial charge in [0, 0.05) is 0 Å². The van der Waals surface area contributed by atoms with Crippen LogP contribution >= 0.6 is 0 Å². The third kappa shape index (κ3) is 8.26. The topological polar surface area (TPSA) is 38.7 Å². The van der Waals surface area contributed by atoms with Gasteiger partial charge in [-0.15, -0.1) is 0 Å². The van der Waals surface area contributed by atoms with Crippen LogP contribution in [0.25, 0.3) is 33.9 Å². The maximum absolute atomic E-state index is 4.91. The third-order valence-corrected chi connectivity index (χ3v) is 20.5. The van der Waals surface area contributed by atoms with E-state index in [1.165, 1.54) is 51.8 Å². The molecule has 0 N–H and O–H groups in total. The average Bonchev–Trinajstić information content (AvgIpc) is 3.01. The molecule has 0 aliphatic rings. The summed E-state index contributed by atoms with van der Waals surface area (Å²) in [5, 5.41) is 0. The normalized spacial score (nSPS) is 11.2. The van der Waals surface area contributed by atoms with Crippen LogP contribution < -0.4 is 0 Å². The van der Waals surface area contributed by atoms with E-state index in [0.717, 1.165) is 39.5 Å². The Balaban J connectivity index is 1.67. The maximum atomic E-state index is 4.91. The summed E-state index contributed by atoms with van der Waals surface area (Å²) in [7, 11) is 0. The van der Waals surface area contributed by atoms with Crippen molar-refractivity contribution >= 4 is 18.4 Å². The van der Waals surface area contributed by atoms with E-state index in [-0.39, 0.29) is 0 Å². The van der Waals surface area contributed by atoms with E-state index >= 15 is 0 Å². The summed E-state index contributed by atoms with van der Waals surface area (Å²) in [4.78, 5) is 14.0. The molecule has 0 saturated carbocycles. The van der Waals surface area contributed by atoms with Gasteiger partial charge >= 0.3 is 228 Å². The Bertz CT molecular complexity index is 1280. The molecule has 0 aliphatic heterocycles. The molecule has 0 aliphatic carbocycles. The second-order valence-electron chi connectivity index (χ2n) is 10.5. The third-order valence-electron chi connectivity index (χ3n) is 7.40. The number of pyridine rings is 3. The molecule has 4 heteroatoms. The van der Waals surface area contributed by atoms with Crippen LogP contribution in [0.2, 0.25) is 13.3 Å². The van der Waals surface area contributed by atoms with Gasteiger partial charge in [0.2, 0.25) is 0 Å². The van der Waals surface area contributed by atoms with Gasteiger partial charge in [-0.2, -0.15) is 0 Å². The van der Waals surface area contributed by atoms with Crippen LogP contribution in [0.4, 0.5) is 0 Å². The number of hydrogen-bond donors (Lipinski definition) is 0. The predicted octanol–water partition coefficient (Wildman–Crippen LogP) is 9.61. The van der Waals surface area contributed by atoms with Gasteiger partial charge in [0.15, 0.2) is 0 Å². The molecule has 4 rings (SSSR count). The fourth-order valence-corrected chi connectivity index (χ4v) is 18.2. The summed E-state index contributed by atoms with van der Waals surface area (Å²) in [6.45, 7) is 6.96. The first-order chi connectivity index (χ1) is 19.2. The number of rotatable bonds is 12. The van der Waals surface area contributed by atoms with E-state index in [9.17, 15) is 0 Å². The Morgan fingerprint density at radius 1 is 0.590 bits per heavy atom. The predicted molar refractivity (Wildman–Crippen MR) is 168 cm³/mol. The van der Waals surface area contributed by atoms with Crippen molar-refractivity contribution in [2.24, 2.45) is 0 Å². The van der Waals surface area contributed by atoms with Crippen molar-refractivity contribution in [1.82, 2.24) is 15.0 Å². The molecular weight excluding hydrogens is 581 g/mol. The molecule has 3 aromatic heterocycles. The van der Waals surface area contributed by atoms with Crippen molar-refractivity contribution in [2.45, 2.75) is 72.6 Å². The van der Waals surface area contributed by atoms with Crippen LogP contribution in [0.3, 0.4) is 0 Å². The first-order valence-electron chi connectivity index (χ1n) is 14.6. The van der Waals surface area contributed by atoms with Gasteiger partial charge in [-0.1, -0.05) is 0 Å². The Morgan fingerprint density at radius 3 is 1.54 bits per heavy atom. The van der Waals surface area contributed by atoms with Crippen LogP contribution in [-0.4, -0.2) is 33.3 Å². The van der Waals surface area contributed by atoms with Crippen molar-refractivity contribution in [3.8, 4) is 43.8 Å². The molecule has 0 unspecified atom stereocenters. The summed E-state index contributed by atoms with van der Waals surface area (Å²) in [5.41, 5.74) is 6.79. The summed E-state index contributed by atoms with van der Waals surface area (Å²) in [5.74, 6) is 3.68. The summed E-state index contributed by atoms with van der Waals surface area (Å²) in [6.07, 6.45) is 11.5. The Morgan fingerprint density at radius 2 is 1.10 bits per heavy atom. The number of unbranched alkanes of at least 4 members (excludes halogenated alkanes) is 3. The van der Waals surface area contributed by atoms with Crippen molar-refractivity contribution < 1.29 is 0 Å². The molecule has 0 radical (unpaired) electrons. The van der Waals surface area contributed by atoms with Crippen molar-refractivity contribution in [3.05, 3.63) is 90.8 Å². The van der Waals surface area contributed by atoms with E-state index in [4.69, 9.17) is 4.98 Å². The van der Waals surface area contributed by atoms with Gasteiger partial charge in [-0.25, -0.2) is 0 Å². The molecule has 1 aromatic carbocycles. The molecule has 0 spiro atoms. The number of benzene rings is 1. The van der Waals surface area contributed by atoms with Crippen molar-refractivity contribution in [2.75, 3.05) is 0 Å². The fraction of sp³-hybridized carbons (Fsp3) is 0.343. The molecule has 0 saturated heterocycles. The van der Waals surface area contributed by atoms with Gasteiger partial charge in [0.05, 0.1) is 0 Å². The quantitative estimate of drug-likeness (QED) is 0.117. The average molecular weight is 622 g/mol. The standard InChI is InChI=1S/C23H14N3.3C4H9.Sn/c1-2-17-9-11-18(12-10-17)19-15-22(20-7-3-5-13-24-20)26-23(16-19)21-8-4-6-14-25-21;3*1-3-4-2;/h3-16H;3*1,3-4H2,2H3;. The Kier molecular flexibility index (Phi) is 11.2. The summed E-state index contributed by atoms with van der Waals surface area (Å²) < 4.78 is 8.26. The minimum absolute atomic E-state index is 0.847. The minimum atomic E-state index is -2.48. The van der Waals surface area contributed by atoms with Gasteiger partial charge in [-0.05, 0) is 12.1 Å². The zero-order valence-corrected chi connectivity index (χ0v) is 26.6. The summed E-state index contributed by atoms with van der Waals surface area (Å²) >= 11 is -2.48. The van der Waals surface area contributed by atoms with Crippen LogP contribution in [0, 0.1) is 9.86 Å². The van der Waals surface area contributed by atoms with Gasteiger partial charge in [-0.3, -0.25) is 0 Å². The zero-order chi connectivity index (χ0) is 27.3. The summed E-state index contributed by atoms with van der Waals surface area (Å²) in [6, 6.07) is 24.9. The molecule has 3 nitrogen and oxygen atoms in total. The number of aromatic nitrogens is 3. The van der Waals surface area contributed by atoms with E-state index in [0.29, 0.717) is 0 Å². The molecule has 0 amide bonds. The molecule has 3 heterocycles. The molecule has 0 atom stereocenters. The first kappa shape index (κ1) is 29.0.